The van der Waals surface area contributed by atoms with Crippen LogP contribution in [0.25, 0.3) is 0 Å². The second-order valence-corrected chi connectivity index (χ2v) is 5.35. The van der Waals surface area contributed by atoms with Crippen molar-refractivity contribution in [3.63, 3.8) is 0 Å². The highest BCUT2D eigenvalue weighted by atomic mass is 16.2. The molecular formula is C15H23N3O. The number of hydrogen-bond acceptors (Lipinski definition) is 3. The number of carbonyl (C=O) groups is 1. The Kier molecular flexibility index (Phi) is 5.33. The summed E-state index contributed by atoms with van der Waals surface area (Å²) in [5, 5.41) is 3.39. The van der Waals surface area contributed by atoms with Crippen molar-refractivity contribution in [1.82, 2.24) is 15.2 Å². The maximum Gasteiger partial charge on any atom is 0.222 e. The van der Waals surface area contributed by atoms with Gasteiger partial charge >= 0.3 is 0 Å². The third-order valence-electron chi connectivity index (χ3n) is 3.71. The van der Waals surface area contributed by atoms with Crippen molar-refractivity contribution in [3.05, 3.63) is 30.1 Å². The second kappa shape index (κ2) is 7.24. The van der Waals surface area contributed by atoms with Gasteiger partial charge in [-0.3, -0.25) is 9.78 Å². The minimum Gasteiger partial charge on any atom is -0.345 e. The van der Waals surface area contributed by atoms with Gasteiger partial charge < -0.3 is 10.2 Å². The number of piperidine rings is 1. The van der Waals surface area contributed by atoms with Gasteiger partial charge in [0, 0.05) is 32.4 Å². The molecule has 1 aliphatic rings. The summed E-state index contributed by atoms with van der Waals surface area (Å²) in [6, 6.07) is 3.93. The number of carbonyl (C=O) groups excluding carboxylic acids is 1. The smallest absolute Gasteiger partial charge is 0.222 e. The predicted molar refractivity (Wildman–Crippen MR) is 75.8 cm³/mol. The highest BCUT2D eigenvalue weighted by Crippen LogP contribution is 2.12. The van der Waals surface area contributed by atoms with Gasteiger partial charge in [0.1, 0.15) is 0 Å². The molecular weight excluding hydrogens is 238 g/mol. The molecule has 104 valence electrons. The number of pyridine rings is 1. The number of aromatic nitrogens is 1. The summed E-state index contributed by atoms with van der Waals surface area (Å²) in [5.74, 6) is 0.843. The van der Waals surface area contributed by atoms with E-state index in [9.17, 15) is 4.79 Å². The van der Waals surface area contributed by atoms with Gasteiger partial charge in [-0.2, -0.15) is 0 Å². The first-order chi connectivity index (χ1) is 9.25. The Morgan fingerprint density at radius 1 is 1.58 bits per heavy atom. The molecule has 0 aliphatic carbocycles. The van der Waals surface area contributed by atoms with Gasteiger partial charge in [-0.15, -0.1) is 0 Å². The summed E-state index contributed by atoms with van der Waals surface area (Å²) in [7, 11) is 1.92. The molecule has 0 radical (unpaired) electrons. The Labute approximate surface area is 115 Å². The van der Waals surface area contributed by atoms with Crippen LogP contribution >= 0.6 is 0 Å². The second-order valence-electron chi connectivity index (χ2n) is 5.35. The lowest BCUT2D eigenvalue weighted by Gasteiger charge is -2.27. The molecule has 1 saturated heterocycles. The van der Waals surface area contributed by atoms with Crippen LogP contribution in [0.4, 0.5) is 0 Å². The van der Waals surface area contributed by atoms with Gasteiger partial charge in [-0.1, -0.05) is 6.07 Å². The van der Waals surface area contributed by atoms with Crippen LogP contribution in [-0.2, 0) is 11.2 Å². The topological polar surface area (TPSA) is 45.2 Å². The number of aryl methyl sites for hydroxylation is 1. The van der Waals surface area contributed by atoms with E-state index in [1.807, 2.05) is 30.3 Å². The largest absolute Gasteiger partial charge is 0.345 e. The lowest BCUT2D eigenvalue weighted by atomic mass is 9.99. The summed E-state index contributed by atoms with van der Waals surface area (Å²) in [4.78, 5) is 18.0. The van der Waals surface area contributed by atoms with Crippen molar-refractivity contribution >= 4 is 5.91 Å². The molecule has 0 spiro atoms. The van der Waals surface area contributed by atoms with E-state index >= 15 is 0 Å². The Morgan fingerprint density at radius 2 is 2.47 bits per heavy atom. The normalized spacial score (nSPS) is 19.1. The number of amides is 1. The summed E-state index contributed by atoms with van der Waals surface area (Å²) >= 11 is 0. The van der Waals surface area contributed by atoms with Crippen LogP contribution in [0.3, 0.4) is 0 Å². The Hall–Kier alpha value is -1.42. The van der Waals surface area contributed by atoms with Crippen LogP contribution in [0, 0.1) is 5.92 Å². The highest BCUT2D eigenvalue weighted by Gasteiger charge is 2.17. The molecule has 1 aliphatic heterocycles. The quantitative estimate of drug-likeness (QED) is 0.873. The molecule has 2 heterocycles. The molecule has 0 bridgehead atoms. The molecule has 1 atom stereocenters. The highest BCUT2D eigenvalue weighted by molar-refractivity contribution is 5.76. The molecule has 1 N–H and O–H groups in total. The van der Waals surface area contributed by atoms with Crippen LogP contribution < -0.4 is 5.32 Å². The van der Waals surface area contributed by atoms with E-state index in [1.54, 1.807) is 6.20 Å². The van der Waals surface area contributed by atoms with Gasteiger partial charge in [-0.05, 0) is 49.9 Å². The van der Waals surface area contributed by atoms with E-state index in [0.29, 0.717) is 12.3 Å². The molecule has 1 aromatic heterocycles. The molecule has 1 unspecified atom stereocenters. The summed E-state index contributed by atoms with van der Waals surface area (Å²) in [6.07, 6.45) is 7.39. The van der Waals surface area contributed by atoms with Crippen LogP contribution in [0.1, 0.15) is 24.8 Å². The van der Waals surface area contributed by atoms with E-state index in [1.165, 1.54) is 12.8 Å². The minimum absolute atomic E-state index is 0.231. The monoisotopic (exact) mass is 261 g/mol. The standard InChI is InChI=1S/C15H23N3O/c1-18(12-14-5-3-9-17-11-14)15(19)7-6-13-4-2-8-16-10-13/h2,4,8,10,14,17H,3,5-7,9,11-12H2,1H3. The van der Waals surface area contributed by atoms with Crippen molar-refractivity contribution in [3.8, 4) is 0 Å². The van der Waals surface area contributed by atoms with Gasteiger partial charge in [0.25, 0.3) is 0 Å². The van der Waals surface area contributed by atoms with E-state index in [2.05, 4.69) is 10.3 Å². The fourth-order valence-electron chi connectivity index (χ4n) is 2.56. The van der Waals surface area contributed by atoms with Crippen molar-refractivity contribution in [2.75, 3.05) is 26.7 Å². The van der Waals surface area contributed by atoms with Crippen LogP contribution in [-0.4, -0.2) is 42.5 Å². The number of nitrogens with zero attached hydrogens (tertiary/aromatic N) is 2. The van der Waals surface area contributed by atoms with E-state index in [-0.39, 0.29) is 5.91 Å². The number of rotatable bonds is 5. The molecule has 1 amide bonds. The first kappa shape index (κ1) is 14.0. The lowest BCUT2D eigenvalue weighted by molar-refractivity contribution is -0.130. The molecule has 1 fully saturated rings. The molecule has 4 nitrogen and oxygen atoms in total. The van der Waals surface area contributed by atoms with Gasteiger partial charge in [0.2, 0.25) is 5.91 Å². The summed E-state index contributed by atoms with van der Waals surface area (Å²) in [5.41, 5.74) is 1.13. The molecule has 0 aromatic carbocycles. The summed E-state index contributed by atoms with van der Waals surface area (Å²) in [6.45, 7) is 3.04. The first-order valence-electron chi connectivity index (χ1n) is 7.09. The molecule has 2 rings (SSSR count). The number of hydrogen-bond donors (Lipinski definition) is 1. The Bertz CT molecular complexity index is 388. The first-order valence-corrected chi connectivity index (χ1v) is 7.09. The molecule has 1 aromatic rings. The molecule has 19 heavy (non-hydrogen) atoms. The van der Waals surface area contributed by atoms with Crippen molar-refractivity contribution in [2.45, 2.75) is 25.7 Å². The van der Waals surface area contributed by atoms with Crippen LogP contribution in [0.5, 0.6) is 0 Å². The third-order valence-corrected chi connectivity index (χ3v) is 3.71. The maximum atomic E-state index is 12.1. The summed E-state index contributed by atoms with van der Waals surface area (Å²) < 4.78 is 0. The van der Waals surface area contributed by atoms with E-state index in [4.69, 9.17) is 0 Å². The Balaban J connectivity index is 1.72. The van der Waals surface area contributed by atoms with Crippen LogP contribution in [0.2, 0.25) is 0 Å². The van der Waals surface area contributed by atoms with Gasteiger partial charge in [0.15, 0.2) is 0 Å². The van der Waals surface area contributed by atoms with E-state index in [0.717, 1.165) is 31.6 Å². The SMILES string of the molecule is CN(CC1CCCNC1)C(=O)CCc1cccnc1. The van der Waals surface area contributed by atoms with Crippen LogP contribution in [0.15, 0.2) is 24.5 Å². The van der Waals surface area contributed by atoms with E-state index < -0.39 is 0 Å². The predicted octanol–water partition coefficient (Wildman–Crippen LogP) is 1.47. The maximum absolute atomic E-state index is 12.1. The lowest BCUT2D eigenvalue weighted by Crippen LogP contribution is -2.39. The van der Waals surface area contributed by atoms with Gasteiger partial charge in [0.05, 0.1) is 0 Å². The zero-order valence-corrected chi connectivity index (χ0v) is 11.6. The Morgan fingerprint density at radius 3 is 3.16 bits per heavy atom. The minimum atomic E-state index is 0.231. The molecule has 4 heteroatoms. The van der Waals surface area contributed by atoms with Crippen molar-refractivity contribution in [2.24, 2.45) is 5.92 Å². The van der Waals surface area contributed by atoms with Crippen molar-refractivity contribution in [1.29, 1.82) is 0 Å². The fraction of sp³-hybridized carbons (Fsp3) is 0.600. The van der Waals surface area contributed by atoms with Gasteiger partial charge in [-0.25, -0.2) is 0 Å². The average molecular weight is 261 g/mol. The zero-order chi connectivity index (χ0) is 13.5. The average Bonchev–Trinajstić information content (AvgIpc) is 2.47. The third kappa shape index (κ3) is 4.63. The fourth-order valence-corrected chi connectivity index (χ4v) is 2.56. The number of nitrogens with one attached hydrogen (secondary N) is 1. The van der Waals surface area contributed by atoms with Crippen molar-refractivity contribution < 1.29 is 4.79 Å². The molecule has 0 saturated carbocycles. The zero-order valence-electron chi connectivity index (χ0n) is 11.6.